The molecule has 1 atom stereocenters. The van der Waals surface area contributed by atoms with Crippen molar-refractivity contribution in [2.24, 2.45) is 0 Å². The molecule has 0 aromatic carbocycles. The van der Waals surface area contributed by atoms with Gasteiger partial charge in [0.1, 0.15) is 11.9 Å². The van der Waals surface area contributed by atoms with E-state index in [9.17, 15) is 9.90 Å². The maximum Gasteiger partial charge on any atom is 0.251 e. The Labute approximate surface area is 99.9 Å². The number of carbonyl (C=O) groups is 1. The lowest BCUT2D eigenvalue weighted by atomic mass is 10.2. The van der Waals surface area contributed by atoms with Gasteiger partial charge in [0.2, 0.25) is 0 Å². The van der Waals surface area contributed by atoms with Crippen molar-refractivity contribution < 1.29 is 9.90 Å². The molecule has 0 saturated carbocycles. The lowest BCUT2D eigenvalue weighted by molar-refractivity contribution is -0.139. The van der Waals surface area contributed by atoms with Gasteiger partial charge in [-0.05, 0) is 6.92 Å². The zero-order valence-corrected chi connectivity index (χ0v) is 9.78. The van der Waals surface area contributed by atoms with Gasteiger partial charge < -0.3 is 14.9 Å². The van der Waals surface area contributed by atoms with Gasteiger partial charge in [-0.15, -0.1) is 0 Å². The molecule has 1 N–H and O–H groups in total. The summed E-state index contributed by atoms with van der Waals surface area (Å²) in [7, 11) is 0. The molecule has 1 aromatic heterocycles. The SMILES string of the molecule is CC(O)C(=O)N1CCN(c2cnccn2)CC1. The fourth-order valence-electron chi connectivity index (χ4n) is 1.87. The Morgan fingerprint density at radius 1 is 1.35 bits per heavy atom. The van der Waals surface area contributed by atoms with Crippen LogP contribution < -0.4 is 4.90 Å². The maximum atomic E-state index is 11.6. The van der Waals surface area contributed by atoms with Crippen LogP contribution in [-0.4, -0.2) is 58.2 Å². The fourth-order valence-corrected chi connectivity index (χ4v) is 1.87. The van der Waals surface area contributed by atoms with Gasteiger partial charge in [-0.1, -0.05) is 0 Å². The van der Waals surface area contributed by atoms with Crippen LogP contribution in [-0.2, 0) is 4.79 Å². The average molecular weight is 236 g/mol. The van der Waals surface area contributed by atoms with Crippen molar-refractivity contribution in [3.63, 3.8) is 0 Å². The first-order valence-corrected chi connectivity index (χ1v) is 5.66. The van der Waals surface area contributed by atoms with Gasteiger partial charge in [-0.2, -0.15) is 0 Å². The number of aliphatic hydroxyl groups excluding tert-OH is 1. The van der Waals surface area contributed by atoms with Gasteiger partial charge in [-0.3, -0.25) is 9.78 Å². The summed E-state index contributed by atoms with van der Waals surface area (Å²) in [5.41, 5.74) is 0. The molecule has 6 nitrogen and oxygen atoms in total. The number of nitrogens with zero attached hydrogens (tertiary/aromatic N) is 4. The number of aliphatic hydroxyl groups is 1. The highest BCUT2D eigenvalue weighted by Gasteiger charge is 2.24. The zero-order chi connectivity index (χ0) is 12.3. The molecule has 6 heteroatoms. The predicted molar refractivity (Wildman–Crippen MR) is 62.5 cm³/mol. The first kappa shape index (κ1) is 11.8. The summed E-state index contributed by atoms with van der Waals surface area (Å²) in [4.78, 5) is 23.6. The summed E-state index contributed by atoms with van der Waals surface area (Å²) in [5, 5.41) is 9.23. The third-order valence-electron chi connectivity index (χ3n) is 2.82. The van der Waals surface area contributed by atoms with Crippen LogP contribution >= 0.6 is 0 Å². The molecule has 1 aliphatic rings. The Bertz CT molecular complexity index is 374. The van der Waals surface area contributed by atoms with Gasteiger partial charge in [0.05, 0.1) is 6.20 Å². The first-order chi connectivity index (χ1) is 8.18. The molecule has 0 radical (unpaired) electrons. The lowest BCUT2D eigenvalue weighted by Crippen LogP contribution is -2.51. The quantitative estimate of drug-likeness (QED) is 0.750. The maximum absolute atomic E-state index is 11.6. The first-order valence-electron chi connectivity index (χ1n) is 5.66. The van der Waals surface area contributed by atoms with E-state index in [1.807, 2.05) is 0 Å². The second-order valence-electron chi connectivity index (χ2n) is 4.05. The highest BCUT2D eigenvalue weighted by Crippen LogP contribution is 2.11. The van der Waals surface area contributed by atoms with Crippen LogP contribution in [0.3, 0.4) is 0 Å². The predicted octanol–water partition coefficient (Wildman–Crippen LogP) is -0.494. The summed E-state index contributed by atoms with van der Waals surface area (Å²) < 4.78 is 0. The van der Waals surface area contributed by atoms with E-state index in [-0.39, 0.29) is 5.91 Å². The van der Waals surface area contributed by atoms with Crippen molar-refractivity contribution in [1.82, 2.24) is 14.9 Å². The van der Waals surface area contributed by atoms with Crippen LogP contribution in [0.4, 0.5) is 5.82 Å². The van der Waals surface area contributed by atoms with Crippen molar-refractivity contribution in [3.05, 3.63) is 18.6 Å². The molecular formula is C11H16N4O2. The number of aromatic nitrogens is 2. The van der Waals surface area contributed by atoms with E-state index in [0.717, 1.165) is 18.9 Å². The summed E-state index contributed by atoms with van der Waals surface area (Å²) >= 11 is 0. The Morgan fingerprint density at radius 2 is 2.06 bits per heavy atom. The minimum atomic E-state index is -0.918. The Kier molecular flexibility index (Phi) is 3.53. The highest BCUT2D eigenvalue weighted by molar-refractivity contribution is 5.80. The largest absolute Gasteiger partial charge is 0.384 e. The number of anilines is 1. The van der Waals surface area contributed by atoms with Crippen LogP contribution in [0.1, 0.15) is 6.92 Å². The van der Waals surface area contributed by atoms with E-state index >= 15 is 0 Å². The fraction of sp³-hybridized carbons (Fsp3) is 0.545. The second kappa shape index (κ2) is 5.09. The van der Waals surface area contributed by atoms with E-state index in [0.29, 0.717) is 13.1 Å². The molecule has 92 valence electrons. The number of rotatable bonds is 2. The molecular weight excluding hydrogens is 220 g/mol. The summed E-state index contributed by atoms with van der Waals surface area (Å²) in [6.45, 7) is 4.16. The van der Waals surface area contributed by atoms with Gasteiger partial charge in [-0.25, -0.2) is 4.98 Å². The molecule has 2 heterocycles. The van der Waals surface area contributed by atoms with Crippen molar-refractivity contribution >= 4 is 11.7 Å². The number of hydrogen-bond acceptors (Lipinski definition) is 5. The van der Waals surface area contributed by atoms with Gasteiger partial charge in [0, 0.05) is 38.6 Å². The zero-order valence-electron chi connectivity index (χ0n) is 9.78. The average Bonchev–Trinajstić information content (AvgIpc) is 2.39. The third kappa shape index (κ3) is 2.71. The van der Waals surface area contributed by atoms with Crippen LogP contribution in [0.15, 0.2) is 18.6 Å². The van der Waals surface area contributed by atoms with Crippen molar-refractivity contribution in [3.8, 4) is 0 Å². The van der Waals surface area contributed by atoms with Crippen LogP contribution in [0, 0.1) is 0 Å². The number of piperazine rings is 1. The molecule has 1 saturated heterocycles. The monoisotopic (exact) mass is 236 g/mol. The second-order valence-corrected chi connectivity index (χ2v) is 4.05. The van der Waals surface area contributed by atoms with Crippen LogP contribution in [0.25, 0.3) is 0 Å². The smallest absolute Gasteiger partial charge is 0.251 e. The van der Waals surface area contributed by atoms with Crippen LogP contribution in [0.5, 0.6) is 0 Å². The van der Waals surface area contributed by atoms with E-state index < -0.39 is 6.10 Å². The molecule has 0 spiro atoms. The third-order valence-corrected chi connectivity index (χ3v) is 2.82. The molecule has 1 aromatic rings. The number of hydrogen-bond donors (Lipinski definition) is 1. The molecule has 0 bridgehead atoms. The Balaban J connectivity index is 1.93. The molecule has 17 heavy (non-hydrogen) atoms. The van der Waals surface area contributed by atoms with E-state index in [4.69, 9.17) is 0 Å². The Morgan fingerprint density at radius 3 is 2.59 bits per heavy atom. The van der Waals surface area contributed by atoms with E-state index in [1.54, 1.807) is 23.5 Å². The summed E-state index contributed by atoms with van der Waals surface area (Å²) in [5.74, 6) is 0.625. The normalized spacial score (nSPS) is 18.0. The van der Waals surface area contributed by atoms with Crippen LogP contribution in [0.2, 0.25) is 0 Å². The number of carbonyl (C=O) groups excluding carboxylic acids is 1. The number of amides is 1. The van der Waals surface area contributed by atoms with Gasteiger partial charge in [0.25, 0.3) is 5.91 Å². The van der Waals surface area contributed by atoms with Crippen molar-refractivity contribution in [2.45, 2.75) is 13.0 Å². The van der Waals surface area contributed by atoms with Gasteiger partial charge >= 0.3 is 0 Å². The molecule has 2 rings (SSSR count). The van der Waals surface area contributed by atoms with E-state index in [2.05, 4.69) is 14.9 Å². The molecule has 1 aliphatic heterocycles. The standard InChI is InChI=1S/C11H16N4O2/c1-9(16)11(17)15-6-4-14(5-7-15)10-8-12-2-3-13-10/h2-3,8-9,16H,4-7H2,1H3. The minimum Gasteiger partial charge on any atom is -0.384 e. The molecule has 1 fully saturated rings. The Hall–Kier alpha value is -1.69. The molecule has 1 amide bonds. The molecule has 0 aliphatic carbocycles. The van der Waals surface area contributed by atoms with Gasteiger partial charge in [0.15, 0.2) is 0 Å². The van der Waals surface area contributed by atoms with E-state index in [1.165, 1.54) is 6.92 Å². The topological polar surface area (TPSA) is 69.6 Å². The summed E-state index contributed by atoms with van der Waals surface area (Å²) in [6, 6.07) is 0. The lowest BCUT2D eigenvalue weighted by Gasteiger charge is -2.35. The van der Waals surface area contributed by atoms with Crippen molar-refractivity contribution in [1.29, 1.82) is 0 Å². The minimum absolute atomic E-state index is 0.205. The van der Waals surface area contributed by atoms with Crippen molar-refractivity contribution in [2.75, 3.05) is 31.1 Å². The molecule has 1 unspecified atom stereocenters. The highest BCUT2D eigenvalue weighted by atomic mass is 16.3. The summed E-state index contributed by atoms with van der Waals surface area (Å²) in [6.07, 6.45) is 4.09.